The van der Waals surface area contributed by atoms with Gasteiger partial charge in [-0.3, -0.25) is 9.59 Å². The summed E-state index contributed by atoms with van der Waals surface area (Å²) in [5, 5.41) is 7.43. The maximum atomic E-state index is 12.6. The summed E-state index contributed by atoms with van der Waals surface area (Å²) in [4.78, 5) is 30.9. The maximum Gasteiger partial charge on any atom is 0.266 e. The standard InChI is InChI=1S/C20H26N6O2/c1-15-11-16(2)13-17(12-15)20-21-14-24(22-20)7-5-18(27)25-8-6-19(28)26(25)10-9-23(3)4/h5,7,11-14H,6,8-10H2,1-4H3/b7-5-. The van der Waals surface area contributed by atoms with Gasteiger partial charge in [0.1, 0.15) is 6.33 Å². The van der Waals surface area contributed by atoms with E-state index in [0.29, 0.717) is 31.9 Å². The minimum atomic E-state index is -0.243. The van der Waals surface area contributed by atoms with Crippen molar-refractivity contribution >= 4 is 18.0 Å². The molecule has 0 aliphatic carbocycles. The van der Waals surface area contributed by atoms with Crippen LogP contribution in [0.25, 0.3) is 17.6 Å². The third-order valence-electron chi connectivity index (χ3n) is 4.49. The summed E-state index contributed by atoms with van der Waals surface area (Å²) in [6.45, 7) is 5.66. The molecule has 0 radical (unpaired) electrons. The summed E-state index contributed by atoms with van der Waals surface area (Å²) in [7, 11) is 3.87. The summed E-state index contributed by atoms with van der Waals surface area (Å²) >= 11 is 0. The lowest BCUT2D eigenvalue weighted by atomic mass is 10.1. The molecule has 1 aromatic carbocycles. The van der Waals surface area contributed by atoms with E-state index < -0.39 is 0 Å². The molecule has 0 unspecified atom stereocenters. The van der Waals surface area contributed by atoms with Crippen LogP contribution in [0.2, 0.25) is 0 Å². The second-order valence-electron chi connectivity index (χ2n) is 7.27. The number of aromatic nitrogens is 3. The van der Waals surface area contributed by atoms with Gasteiger partial charge in [-0.05, 0) is 40.1 Å². The number of hydrogen-bond donors (Lipinski definition) is 0. The number of benzene rings is 1. The van der Waals surface area contributed by atoms with Crippen LogP contribution < -0.4 is 0 Å². The lowest BCUT2D eigenvalue weighted by Crippen LogP contribution is -2.45. The zero-order chi connectivity index (χ0) is 20.3. The number of nitrogens with zero attached hydrogens (tertiary/aromatic N) is 6. The molecule has 2 aromatic rings. The van der Waals surface area contributed by atoms with Crippen molar-refractivity contribution in [3.8, 4) is 11.4 Å². The first-order valence-electron chi connectivity index (χ1n) is 9.28. The number of likely N-dealkylation sites (N-methyl/N-ethyl adjacent to an activating group) is 1. The fourth-order valence-electron chi connectivity index (χ4n) is 3.16. The average molecular weight is 382 g/mol. The minimum absolute atomic E-state index is 0.0264. The second kappa shape index (κ2) is 8.35. The molecule has 0 atom stereocenters. The van der Waals surface area contributed by atoms with Crippen LogP contribution in [0.1, 0.15) is 17.5 Å². The van der Waals surface area contributed by atoms with E-state index in [-0.39, 0.29) is 11.8 Å². The molecule has 1 aliphatic rings. The van der Waals surface area contributed by atoms with Crippen LogP contribution in [-0.2, 0) is 9.59 Å². The fourth-order valence-corrected chi connectivity index (χ4v) is 3.16. The van der Waals surface area contributed by atoms with Gasteiger partial charge in [-0.2, -0.15) is 0 Å². The van der Waals surface area contributed by atoms with Crippen molar-refractivity contribution in [2.45, 2.75) is 20.3 Å². The van der Waals surface area contributed by atoms with Gasteiger partial charge < -0.3 is 4.90 Å². The van der Waals surface area contributed by atoms with Crippen LogP contribution in [0.15, 0.2) is 30.6 Å². The first-order valence-corrected chi connectivity index (χ1v) is 9.28. The van der Waals surface area contributed by atoms with E-state index in [1.165, 1.54) is 20.8 Å². The van der Waals surface area contributed by atoms with Crippen molar-refractivity contribution in [3.63, 3.8) is 0 Å². The number of amides is 2. The topological polar surface area (TPSA) is 74.6 Å². The Morgan fingerprint density at radius 3 is 2.61 bits per heavy atom. The molecule has 0 spiro atoms. The third-order valence-corrected chi connectivity index (χ3v) is 4.49. The Kier molecular flexibility index (Phi) is 5.89. The molecule has 0 saturated carbocycles. The molecular formula is C20H26N6O2. The van der Waals surface area contributed by atoms with Gasteiger partial charge in [0.15, 0.2) is 5.82 Å². The first kappa shape index (κ1) is 19.8. The highest BCUT2D eigenvalue weighted by molar-refractivity contribution is 5.93. The van der Waals surface area contributed by atoms with E-state index in [9.17, 15) is 9.59 Å². The van der Waals surface area contributed by atoms with Crippen molar-refractivity contribution in [3.05, 3.63) is 41.7 Å². The molecule has 2 heterocycles. The Labute approximate surface area is 165 Å². The van der Waals surface area contributed by atoms with E-state index in [4.69, 9.17) is 0 Å². The molecule has 0 bridgehead atoms. The Morgan fingerprint density at radius 2 is 1.93 bits per heavy atom. The van der Waals surface area contributed by atoms with Gasteiger partial charge in [0, 0.05) is 30.8 Å². The van der Waals surface area contributed by atoms with Gasteiger partial charge in [0.05, 0.1) is 13.1 Å². The summed E-state index contributed by atoms with van der Waals surface area (Å²) < 4.78 is 1.51. The Hall–Kier alpha value is -3.00. The molecule has 148 valence electrons. The van der Waals surface area contributed by atoms with Crippen LogP contribution in [0.3, 0.4) is 0 Å². The molecule has 2 amide bonds. The van der Waals surface area contributed by atoms with Crippen molar-refractivity contribution in [2.24, 2.45) is 0 Å². The fraction of sp³-hybridized carbons (Fsp3) is 0.400. The molecule has 1 fully saturated rings. The maximum absolute atomic E-state index is 12.6. The van der Waals surface area contributed by atoms with Crippen LogP contribution >= 0.6 is 0 Å². The molecule has 1 aromatic heterocycles. The zero-order valence-corrected chi connectivity index (χ0v) is 16.8. The summed E-state index contributed by atoms with van der Waals surface area (Å²) in [5.41, 5.74) is 3.23. The average Bonchev–Trinajstić information content (AvgIpc) is 3.24. The van der Waals surface area contributed by atoms with Crippen molar-refractivity contribution in [2.75, 3.05) is 33.7 Å². The number of rotatable bonds is 6. The van der Waals surface area contributed by atoms with Crippen LogP contribution in [-0.4, -0.2) is 75.2 Å². The number of carbonyl (C=O) groups is 2. The summed E-state index contributed by atoms with van der Waals surface area (Å²) in [5.74, 6) is 0.336. The molecule has 0 N–H and O–H groups in total. The smallest absolute Gasteiger partial charge is 0.266 e. The first-order chi connectivity index (χ1) is 13.3. The van der Waals surface area contributed by atoms with E-state index in [1.807, 2.05) is 45.0 Å². The normalized spacial score (nSPS) is 14.7. The van der Waals surface area contributed by atoms with Crippen molar-refractivity contribution in [1.82, 2.24) is 29.7 Å². The van der Waals surface area contributed by atoms with Crippen molar-refractivity contribution in [1.29, 1.82) is 0 Å². The minimum Gasteiger partial charge on any atom is -0.308 e. The third kappa shape index (κ3) is 4.64. The predicted molar refractivity (Wildman–Crippen MR) is 107 cm³/mol. The van der Waals surface area contributed by atoms with Gasteiger partial charge in [-0.15, -0.1) is 5.10 Å². The largest absolute Gasteiger partial charge is 0.308 e. The molecule has 1 saturated heterocycles. The van der Waals surface area contributed by atoms with Gasteiger partial charge in [0.2, 0.25) is 5.91 Å². The van der Waals surface area contributed by atoms with E-state index in [1.54, 1.807) is 12.5 Å². The summed E-state index contributed by atoms with van der Waals surface area (Å²) in [6.07, 6.45) is 4.90. The van der Waals surface area contributed by atoms with Gasteiger partial charge in [-0.25, -0.2) is 19.7 Å². The highest BCUT2D eigenvalue weighted by Crippen LogP contribution is 2.18. The lowest BCUT2D eigenvalue weighted by molar-refractivity contribution is -0.150. The Bertz CT molecular complexity index is 882. The molecule has 3 rings (SSSR count). The second-order valence-corrected chi connectivity index (χ2v) is 7.27. The number of aryl methyl sites for hydroxylation is 2. The quantitative estimate of drug-likeness (QED) is 0.709. The molecular weight excluding hydrogens is 356 g/mol. The lowest BCUT2D eigenvalue weighted by Gasteiger charge is -2.28. The summed E-state index contributed by atoms with van der Waals surface area (Å²) in [6, 6.07) is 6.15. The van der Waals surface area contributed by atoms with Crippen LogP contribution in [0.5, 0.6) is 0 Å². The molecule has 1 aliphatic heterocycles. The Morgan fingerprint density at radius 1 is 1.21 bits per heavy atom. The zero-order valence-electron chi connectivity index (χ0n) is 16.8. The van der Waals surface area contributed by atoms with Crippen LogP contribution in [0, 0.1) is 13.8 Å². The van der Waals surface area contributed by atoms with Crippen LogP contribution in [0.4, 0.5) is 0 Å². The van der Waals surface area contributed by atoms with E-state index >= 15 is 0 Å². The number of hydrogen-bond acceptors (Lipinski definition) is 5. The van der Waals surface area contributed by atoms with E-state index in [2.05, 4.69) is 16.1 Å². The number of hydrazine groups is 1. The van der Waals surface area contributed by atoms with Gasteiger partial charge >= 0.3 is 0 Å². The monoisotopic (exact) mass is 382 g/mol. The van der Waals surface area contributed by atoms with Crippen molar-refractivity contribution < 1.29 is 9.59 Å². The molecule has 28 heavy (non-hydrogen) atoms. The SMILES string of the molecule is Cc1cc(C)cc(-c2ncn(/C=C\C(=O)N3CCC(=O)N3CCN(C)C)n2)c1. The molecule has 8 heteroatoms. The molecule has 8 nitrogen and oxygen atoms in total. The van der Waals surface area contributed by atoms with Gasteiger partial charge in [0.25, 0.3) is 5.91 Å². The highest BCUT2D eigenvalue weighted by Gasteiger charge is 2.31. The van der Waals surface area contributed by atoms with Gasteiger partial charge in [-0.1, -0.05) is 17.2 Å². The Balaban J connectivity index is 1.69. The highest BCUT2D eigenvalue weighted by atomic mass is 16.2. The predicted octanol–water partition coefficient (Wildman–Crippen LogP) is 1.57. The van der Waals surface area contributed by atoms with E-state index in [0.717, 1.165) is 16.7 Å². The number of carbonyl (C=O) groups excluding carboxylic acids is 2.